The Morgan fingerprint density at radius 3 is 2.88 bits per heavy atom. The normalized spacial score (nSPS) is 17.9. The van der Waals surface area contributed by atoms with Crippen molar-refractivity contribution in [3.8, 4) is 11.5 Å². The average molecular weight is 379 g/mol. The van der Waals surface area contributed by atoms with Crippen LogP contribution in [0.25, 0.3) is 0 Å². The Morgan fingerprint density at radius 1 is 1.35 bits per heavy atom. The molecular formula is C19H19ClN2O4. The summed E-state index contributed by atoms with van der Waals surface area (Å²) in [6, 6.07) is 8.33. The molecule has 2 amide bonds. The summed E-state index contributed by atoms with van der Waals surface area (Å²) in [4.78, 5) is 27.2. The second-order valence-corrected chi connectivity index (χ2v) is 6.30. The summed E-state index contributed by atoms with van der Waals surface area (Å²) in [7, 11) is 0. The van der Waals surface area contributed by atoms with Gasteiger partial charge in [0.05, 0.1) is 10.6 Å². The number of phenolic OH excluding ortho intramolecular Hbond substituents is 2. The zero-order valence-corrected chi connectivity index (χ0v) is 14.5. The predicted molar refractivity (Wildman–Crippen MR) is 97.1 cm³/mol. The molecule has 0 saturated carbocycles. The number of aromatic hydroxyl groups is 2. The molecule has 26 heavy (non-hydrogen) atoms. The third-order valence-corrected chi connectivity index (χ3v) is 4.53. The number of rotatable bonds is 4. The van der Waals surface area contributed by atoms with Gasteiger partial charge in [0.2, 0.25) is 5.91 Å². The first-order valence-electron chi connectivity index (χ1n) is 9.21. The van der Waals surface area contributed by atoms with E-state index in [2.05, 4.69) is 5.32 Å². The topological polar surface area (TPSA) is 89.9 Å². The molecule has 3 rings (SSSR count). The highest BCUT2D eigenvalue weighted by molar-refractivity contribution is 6.32. The Balaban J connectivity index is 1.94. The Kier molecular flexibility index (Phi) is 4.33. The molecule has 0 bridgehead atoms. The fourth-order valence-electron chi connectivity index (χ4n) is 3.01. The highest BCUT2D eigenvalue weighted by atomic mass is 35.5. The molecule has 0 saturated heterocycles. The minimum Gasteiger partial charge on any atom is -0.507 e. The fourth-order valence-corrected chi connectivity index (χ4v) is 3.17. The number of hydrogen-bond donors (Lipinski definition) is 3. The van der Waals surface area contributed by atoms with Crippen LogP contribution in [0, 0.1) is 0 Å². The Hall–Kier alpha value is -2.73. The highest BCUT2D eigenvalue weighted by Crippen LogP contribution is 2.38. The van der Waals surface area contributed by atoms with Gasteiger partial charge in [0, 0.05) is 21.9 Å². The molecule has 0 aliphatic carbocycles. The third-order valence-electron chi connectivity index (χ3n) is 4.23. The van der Waals surface area contributed by atoms with Gasteiger partial charge in [0.1, 0.15) is 17.5 Å². The van der Waals surface area contributed by atoms with Crippen LogP contribution in [0.4, 0.5) is 0 Å². The van der Waals surface area contributed by atoms with E-state index in [-0.39, 0.29) is 36.3 Å². The Morgan fingerprint density at radius 2 is 2.12 bits per heavy atom. The maximum Gasteiger partial charge on any atom is 0.258 e. The van der Waals surface area contributed by atoms with Crippen LogP contribution in [0.5, 0.6) is 11.5 Å². The molecule has 2 aromatic rings. The Labute approximate surface area is 158 Å². The van der Waals surface area contributed by atoms with Gasteiger partial charge in [-0.3, -0.25) is 9.59 Å². The van der Waals surface area contributed by atoms with Gasteiger partial charge in [-0.1, -0.05) is 42.8 Å². The van der Waals surface area contributed by atoms with Gasteiger partial charge < -0.3 is 20.4 Å². The van der Waals surface area contributed by atoms with Crippen LogP contribution in [0.1, 0.15) is 43.6 Å². The van der Waals surface area contributed by atoms with Crippen molar-refractivity contribution in [1.29, 1.82) is 0 Å². The number of halogens is 1. The zero-order valence-electron chi connectivity index (χ0n) is 15.8. The van der Waals surface area contributed by atoms with Gasteiger partial charge in [-0.15, -0.1) is 0 Å². The van der Waals surface area contributed by atoms with Crippen molar-refractivity contribution in [2.45, 2.75) is 25.9 Å². The summed E-state index contributed by atoms with van der Waals surface area (Å²) < 4.78 is 14.8. The lowest BCUT2D eigenvalue weighted by atomic mass is 10.0. The molecular weight excluding hydrogens is 356 g/mol. The number of carbonyl (C=O) groups is 2. The van der Waals surface area contributed by atoms with Crippen LogP contribution in [-0.2, 0) is 11.3 Å². The number of amides is 2. The number of carbonyl (C=O) groups excluding carboxylic acids is 2. The lowest BCUT2D eigenvalue weighted by Gasteiger charge is -2.25. The van der Waals surface area contributed by atoms with E-state index in [0.29, 0.717) is 5.56 Å². The highest BCUT2D eigenvalue weighted by Gasteiger charge is 2.39. The molecule has 0 spiro atoms. The van der Waals surface area contributed by atoms with E-state index in [1.807, 2.05) is 6.07 Å². The molecule has 2 atom stereocenters. The van der Waals surface area contributed by atoms with Crippen LogP contribution >= 0.6 is 11.6 Å². The van der Waals surface area contributed by atoms with Crippen LogP contribution in [-0.4, -0.2) is 33.5 Å². The number of phenols is 2. The second kappa shape index (κ2) is 7.25. The molecule has 3 N–H and O–H groups in total. The number of benzene rings is 2. The van der Waals surface area contributed by atoms with Crippen molar-refractivity contribution in [3.05, 3.63) is 58.1 Å². The fraction of sp³-hybridized carbons (Fsp3) is 0.263. The van der Waals surface area contributed by atoms with Gasteiger partial charge in [-0.2, -0.15) is 0 Å². The first-order valence-corrected chi connectivity index (χ1v) is 8.30. The molecule has 1 aliphatic rings. The summed E-state index contributed by atoms with van der Waals surface area (Å²) in [6.07, 6.45) is -0.760. The van der Waals surface area contributed by atoms with Crippen LogP contribution < -0.4 is 5.32 Å². The minimum atomic E-state index is -0.936. The summed E-state index contributed by atoms with van der Waals surface area (Å²) in [5, 5.41) is 22.2. The number of nitrogens with zero attached hydrogens (tertiary/aromatic N) is 1. The molecule has 1 heterocycles. The first kappa shape index (κ1) is 15.5. The van der Waals surface area contributed by atoms with Gasteiger partial charge in [-0.25, -0.2) is 0 Å². The molecule has 136 valence electrons. The summed E-state index contributed by atoms with van der Waals surface area (Å²) in [5.41, 5.74) is 1.33. The lowest BCUT2D eigenvalue weighted by molar-refractivity contribution is -0.125. The van der Waals surface area contributed by atoms with Gasteiger partial charge in [0.15, 0.2) is 0 Å². The Bertz CT molecular complexity index is 925. The summed E-state index contributed by atoms with van der Waals surface area (Å²) in [5.74, 6) is -1.87. The maximum absolute atomic E-state index is 13.1. The minimum absolute atomic E-state index is 0.000676. The molecule has 2 aromatic carbocycles. The first-order chi connectivity index (χ1) is 13.3. The van der Waals surface area contributed by atoms with Crippen molar-refractivity contribution in [1.82, 2.24) is 10.2 Å². The van der Waals surface area contributed by atoms with Crippen LogP contribution in [0.15, 0.2) is 36.4 Å². The van der Waals surface area contributed by atoms with E-state index in [1.165, 1.54) is 4.90 Å². The van der Waals surface area contributed by atoms with E-state index in [9.17, 15) is 19.8 Å². The molecule has 7 heteroatoms. The van der Waals surface area contributed by atoms with Crippen molar-refractivity contribution >= 4 is 23.4 Å². The van der Waals surface area contributed by atoms with Crippen molar-refractivity contribution in [2.24, 2.45) is 0 Å². The van der Waals surface area contributed by atoms with Gasteiger partial charge in [-0.05, 0) is 23.6 Å². The standard InChI is InChI=1S/C19H19ClN2O4/c1-2-7-21-18(25)17-12-6-4-3-5-11(12)10-22(17)19(26)13-8-14(20)16(24)9-15(13)23/h3-6,8-9,17,23-24H,2,7,10H2,1H3,(H,21,25)/i1T,2T. The predicted octanol–water partition coefficient (Wildman–Crippen LogP) is 2.97. The van der Waals surface area contributed by atoms with Crippen molar-refractivity contribution < 1.29 is 22.5 Å². The lowest BCUT2D eigenvalue weighted by Crippen LogP contribution is -2.40. The molecule has 0 radical (unpaired) electrons. The van der Waals surface area contributed by atoms with Gasteiger partial charge >= 0.3 is 0 Å². The summed E-state index contributed by atoms with van der Waals surface area (Å²) in [6.45, 7) is 0.0111. The van der Waals surface area contributed by atoms with E-state index in [1.54, 1.807) is 18.2 Å². The van der Waals surface area contributed by atoms with Gasteiger partial charge in [0.25, 0.3) is 5.91 Å². The van der Waals surface area contributed by atoms with Crippen LogP contribution in [0.2, 0.25) is 5.02 Å². The van der Waals surface area contributed by atoms with E-state index in [4.69, 9.17) is 14.3 Å². The van der Waals surface area contributed by atoms with E-state index >= 15 is 0 Å². The molecule has 0 aromatic heterocycles. The third kappa shape index (κ3) is 3.20. The maximum atomic E-state index is 13.1. The molecule has 1 aliphatic heterocycles. The smallest absolute Gasteiger partial charge is 0.258 e. The van der Waals surface area contributed by atoms with Crippen LogP contribution in [0.3, 0.4) is 0 Å². The quantitative estimate of drug-likeness (QED) is 0.763. The number of hydrogen-bond acceptors (Lipinski definition) is 4. The SMILES string of the molecule is [3H]CC([3H])CNC(=O)C1c2ccccc2CN1C(=O)c1cc(Cl)c(O)cc1O. The molecule has 2 unspecified atom stereocenters. The van der Waals surface area contributed by atoms with Crippen molar-refractivity contribution in [2.75, 3.05) is 6.54 Å². The largest absolute Gasteiger partial charge is 0.507 e. The molecule has 0 fully saturated rings. The zero-order chi connectivity index (χ0) is 20.4. The monoisotopic (exact) mass is 378 g/mol. The number of nitrogens with one attached hydrogen (secondary N) is 1. The second-order valence-electron chi connectivity index (χ2n) is 5.89. The molecule has 6 nitrogen and oxygen atoms in total. The number of fused-ring (bicyclic) bond motifs is 1. The average Bonchev–Trinajstić information content (AvgIpc) is 3.07. The van der Waals surface area contributed by atoms with E-state index in [0.717, 1.165) is 17.7 Å². The summed E-state index contributed by atoms with van der Waals surface area (Å²) >= 11 is 5.88. The van der Waals surface area contributed by atoms with E-state index < -0.39 is 30.0 Å². The van der Waals surface area contributed by atoms with Crippen molar-refractivity contribution in [3.63, 3.8) is 0 Å².